The van der Waals surface area contributed by atoms with Crippen molar-refractivity contribution in [3.8, 4) is 17.1 Å². The highest BCUT2D eigenvalue weighted by Gasteiger charge is 2.15. The van der Waals surface area contributed by atoms with Crippen LogP contribution in [0, 0.1) is 6.92 Å². The lowest BCUT2D eigenvalue weighted by Crippen LogP contribution is -2.43. The van der Waals surface area contributed by atoms with Gasteiger partial charge in [-0.1, -0.05) is 34.1 Å². The smallest absolute Gasteiger partial charge is 0.262 e. The average Bonchev–Trinajstić information content (AvgIpc) is 3.22. The van der Waals surface area contributed by atoms with Gasteiger partial charge < -0.3 is 14.5 Å². The molecule has 0 saturated carbocycles. The molecule has 0 aliphatic carbocycles. The van der Waals surface area contributed by atoms with Crippen LogP contribution < -0.4 is 15.5 Å². The molecule has 0 bridgehead atoms. The summed E-state index contributed by atoms with van der Waals surface area (Å²) in [4.78, 5) is 24.4. The van der Waals surface area contributed by atoms with Crippen molar-refractivity contribution in [1.29, 1.82) is 0 Å². The van der Waals surface area contributed by atoms with Gasteiger partial charge in [0.1, 0.15) is 23.3 Å². The average molecular weight is 498 g/mol. The number of hydrogen-bond acceptors (Lipinski definition) is 5. The molecule has 0 spiro atoms. The molecule has 0 radical (unpaired) electrons. The standard InChI is InChI=1S/C24H24BrN3O4/c1-15-4-10-20(21(25)12-15)22-11-9-19(32-22)14-26-28-24(30)16(2)27-23(29)13-17-5-7-18(31-3)8-6-17/h4-12,14,16H,13H2,1-3H3,(H,27,29)(H,28,30)/b26-14-/t16-/m1/s1. The first-order chi connectivity index (χ1) is 15.4. The Kier molecular flexibility index (Phi) is 7.83. The van der Waals surface area contributed by atoms with E-state index in [0.717, 1.165) is 26.9 Å². The predicted molar refractivity (Wildman–Crippen MR) is 127 cm³/mol. The Balaban J connectivity index is 1.50. The highest BCUT2D eigenvalue weighted by molar-refractivity contribution is 9.10. The lowest BCUT2D eigenvalue weighted by atomic mass is 10.1. The molecule has 0 unspecified atom stereocenters. The monoisotopic (exact) mass is 497 g/mol. The number of methoxy groups -OCH3 is 1. The summed E-state index contributed by atoms with van der Waals surface area (Å²) in [5, 5.41) is 6.58. The lowest BCUT2D eigenvalue weighted by Gasteiger charge is -2.12. The molecule has 2 N–H and O–H groups in total. The third-order valence-corrected chi connectivity index (χ3v) is 5.33. The van der Waals surface area contributed by atoms with Gasteiger partial charge in [0.2, 0.25) is 5.91 Å². The molecule has 8 heteroatoms. The molecule has 2 aromatic carbocycles. The van der Waals surface area contributed by atoms with E-state index in [1.807, 2.05) is 31.2 Å². The van der Waals surface area contributed by atoms with Crippen molar-refractivity contribution in [3.05, 3.63) is 76.0 Å². The van der Waals surface area contributed by atoms with Crippen molar-refractivity contribution in [1.82, 2.24) is 10.7 Å². The topological polar surface area (TPSA) is 92.9 Å². The van der Waals surface area contributed by atoms with Gasteiger partial charge in [0.05, 0.1) is 19.7 Å². The molecule has 0 fully saturated rings. The molecule has 166 valence electrons. The molecule has 0 aliphatic heterocycles. The minimum absolute atomic E-state index is 0.161. The van der Waals surface area contributed by atoms with E-state index in [1.165, 1.54) is 6.21 Å². The number of amides is 2. The Morgan fingerprint density at radius 1 is 1.16 bits per heavy atom. The summed E-state index contributed by atoms with van der Waals surface area (Å²) in [6.07, 6.45) is 1.57. The number of nitrogens with zero attached hydrogens (tertiary/aromatic N) is 1. The Bertz CT molecular complexity index is 1120. The molecule has 32 heavy (non-hydrogen) atoms. The van der Waals surface area contributed by atoms with Gasteiger partial charge in [0, 0.05) is 10.0 Å². The van der Waals surface area contributed by atoms with Crippen molar-refractivity contribution < 1.29 is 18.7 Å². The summed E-state index contributed by atoms with van der Waals surface area (Å²) in [7, 11) is 1.58. The summed E-state index contributed by atoms with van der Waals surface area (Å²) in [5.74, 6) is 1.20. The first-order valence-corrected chi connectivity index (χ1v) is 10.8. The Morgan fingerprint density at radius 2 is 1.91 bits per heavy atom. The highest BCUT2D eigenvalue weighted by Crippen LogP contribution is 2.30. The fraction of sp³-hybridized carbons (Fsp3) is 0.208. The van der Waals surface area contributed by atoms with Crippen LogP contribution in [-0.4, -0.2) is 31.2 Å². The minimum atomic E-state index is -0.742. The summed E-state index contributed by atoms with van der Waals surface area (Å²) in [6, 6.07) is 16.0. The molecule has 3 rings (SSSR count). The van der Waals surface area contributed by atoms with E-state index in [1.54, 1.807) is 44.4 Å². The van der Waals surface area contributed by atoms with E-state index in [2.05, 4.69) is 31.8 Å². The molecule has 0 aliphatic rings. The second kappa shape index (κ2) is 10.8. The second-order valence-corrected chi connectivity index (χ2v) is 8.09. The summed E-state index contributed by atoms with van der Waals surface area (Å²) < 4.78 is 11.8. The van der Waals surface area contributed by atoms with Crippen molar-refractivity contribution in [2.75, 3.05) is 7.11 Å². The van der Waals surface area contributed by atoms with E-state index in [4.69, 9.17) is 9.15 Å². The molecule has 1 aromatic heterocycles. The van der Waals surface area contributed by atoms with Gasteiger partial charge in [0.15, 0.2) is 0 Å². The van der Waals surface area contributed by atoms with Gasteiger partial charge in [-0.3, -0.25) is 9.59 Å². The normalized spacial score (nSPS) is 11.9. The van der Waals surface area contributed by atoms with Crippen LogP contribution >= 0.6 is 15.9 Å². The minimum Gasteiger partial charge on any atom is -0.497 e. The third kappa shape index (κ3) is 6.31. The van der Waals surface area contributed by atoms with Crippen LogP contribution in [0.25, 0.3) is 11.3 Å². The van der Waals surface area contributed by atoms with Crippen molar-refractivity contribution in [2.24, 2.45) is 5.10 Å². The van der Waals surface area contributed by atoms with Crippen molar-refractivity contribution in [3.63, 3.8) is 0 Å². The van der Waals surface area contributed by atoms with Crippen LogP contribution in [-0.2, 0) is 16.0 Å². The number of ether oxygens (including phenoxy) is 1. The molecule has 0 saturated heterocycles. The summed E-state index contributed by atoms with van der Waals surface area (Å²) in [6.45, 7) is 3.61. The number of hydrazone groups is 1. The Hall–Kier alpha value is -3.39. The van der Waals surface area contributed by atoms with Crippen molar-refractivity contribution in [2.45, 2.75) is 26.3 Å². The highest BCUT2D eigenvalue weighted by atomic mass is 79.9. The van der Waals surface area contributed by atoms with Crippen LogP contribution in [0.4, 0.5) is 0 Å². The molecular weight excluding hydrogens is 474 g/mol. The largest absolute Gasteiger partial charge is 0.497 e. The molecule has 3 aromatic rings. The number of furan rings is 1. The predicted octanol–water partition coefficient (Wildman–Crippen LogP) is 4.22. The maximum atomic E-state index is 12.2. The van der Waals surface area contributed by atoms with E-state index < -0.39 is 11.9 Å². The van der Waals surface area contributed by atoms with E-state index in [-0.39, 0.29) is 12.3 Å². The van der Waals surface area contributed by atoms with Gasteiger partial charge >= 0.3 is 0 Å². The summed E-state index contributed by atoms with van der Waals surface area (Å²) in [5.41, 5.74) is 5.30. The van der Waals surface area contributed by atoms with Crippen molar-refractivity contribution >= 4 is 34.0 Å². The number of carbonyl (C=O) groups excluding carboxylic acids is 2. The van der Waals surface area contributed by atoms with Gasteiger partial charge in [-0.15, -0.1) is 0 Å². The van der Waals surface area contributed by atoms with Crippen LogP contribution in [0.2, 0.25) is 0 Å². The maximum absolute atomic E-state index is 12.2. The molecule has 2 amide bonds. The quantitative estimate of drug-likeness (QED) is 0.359. The van der Waals surface area contributed by atoms with Crippen LogP contribution in [0.5, 0.6) is 5.75 Å². The van der Waals surface area contributed by atoms with Gasteiger partial charge in [-0.05, 0) is 61.4 Å². The third-order valence-electron chi connectivity index (χ3n) is 4.68. The number of rotatable bonds is 8. The SMILES string of the molecule is COc1ccc(CC(=O)N[C@H](C)C(=O)N/N=C\c2ccc(-c3ccc(C)cc3Br)o2)cc1. The Labute approximate surface area is 195 Å². The number of halogens is 1. The van der Waals surface area contributed by atoms with E-state index >= 15 is 0 Å². The van der Waals surface area contributed by atoms with Crippen LogP contribution in [0.1, 0.15) is 23.8 Å². The first kappa shape index (κ1) is 23.3. The number of benzene rings is 2. The van der Waals surface area contributed by atoms with Gasteiger partial charge in [-0.2, -0.15) is 5.10 Å². The zero-order valence-corrected chi connectivity index (χ0v) is 19.6. The maximum Gasteiger partial charge on any atom is 0.262 e. The van der Waals surface area contributed by atoms with Crippen LogP contribution in [0.3, 0.4) is 0 Å². The number of carbonyl (C=O) groups is 2. The lowest BCUT2D eigenvalue weighted by molar-refractivity contribution is -0.128. The summed E-state index contributed by atoms with van der Waals surface area (Å²) >= 11 is 3.54. The van der Waals surface area contributed by atoms with E-state index in [0.29, 0.717) is 11.5 Å². The molecule has 1 atom stereocenters. The zero-order valence-electron chi connectivity index (χ0n) is 18.0. The van der Waals surface area contributed by atoms with Gasteiger partial charge in [-0.25, -0.2) is 5.43 Å². The number of hydrogen-bond donors (Lipinski definition) is 2. The number of nitrogens with one attached hydrogen (secondary N) is 2. The fourth-order valence-corrected chi connectivity index (χ4v) is 3.62. The first-order valence-electron chi connectivity index (χ1n) is 9.97. The molecule has 7 nitrogen and oxygen atoms in total. The zero-order chi connectivity index (χ0) is 23.1. The van der Waals surface area contributed by atoms with Gasteiger partial charge in [0.25, 0.3) is 5.91 Å². The van der Waals surface area contributed by atoms with E-state index in [9.17, 15) is 9.59 Å². The van der Waals surface area contributed by atoms with Crippen LogP contribution in [0.15, 0.2) is 68.6 Å². The molecule has 1 heterocycles. The second-order valence-electron chi connectivity index (χ2n) is 7.23. The number of aryl methyl sites for hydroxylation is 1. The fourth-order valence-electron chi connectivity index (χ4n) is 2.93. The Morgan fingerprint density at radius 3 is 2.59 bits per heavy atom. The molecular formula is C24H24BrN3O4.